The van der Waals surface area contributed by atoms with E-state index in [4.69, 9.17) is 9.84 Å². The van der Waals surface area contributed by atoms with Crippen LogP contribution in [0, 0.1) is 0 Å². The average Bonchev–Trinajstić information content (AvgIpc) is 3.24. The summed E-state index contributed by atoms with van der Waals surface area (Å²) in [6.45, 7) is 2.99. The number of hydrogen-bond acceptors (Lipinski definition) is 6. The van der Waals surface area contributed by atoms with Crippen molar-refractivity contribution in [1.82, 2.24) is 15.5 Å². The summed E-state index contributed by atoms with van der Waals surface area (Å²) in [5, 5.41) is 22.6. The van der Waals surface area contributed by atoms with E-state index in [0.29, 0.717) is 26.1 Å². The largest absolute Gasteiger partial charge is 0.442 e. The van der Waals surface area contributed by atoms with Crippen molar-refractivity contribution in [2.45, 2.75) is 38.7 Å². The topological polar surface area (TPSA) is 120 Å². The van der Waals surface area contributed by atoms with Gasteiger partial charge in [-0.25, -0.2) is 4.79 Å². The van der Waals surface area contributed by atoms with E-state index in [1.165, 1.54) is 6.92 Å². The molecule has 4 N–H and O–H groups in total. The lowest BCUT2D eigenvalue weighted by molar-refractivity contribution is -0.119. The summed E-state index contributed by atoms with van der Waals surface area (Å²) in [4.78, 5) is 25.1. The molecule has 0 unspecified atom stereocenters. The van der Waals surface area contributed by atoms with Crippen molar-refractivity contribution in [3.8, 4) is 11.3 Å². The van der Waals surface area contributed by atoms with Crippen molar-refractivity contribution in [2.75, 3.05) is 36.5 Å². The molecule has 1 aromatic heterocycles. The van der Waals surface area contributed by atoms with Gasteiger partial charge in [0.05, 0.1) is 18.8 Å². The lowest BCUT2D eigenvalue weighted by atomic mass is 10.0. The van der Waals surface area contributed by atoms with Crippen molar-refractivity contribution >= 4 is 23.5 Å². The molecule has 0 spiro atoms. The van der Waals surface area contributed by atoms with Crippen LogP contribution < -0.4 is 15.5 Å². The molecule has 0 saturated carbocycles. The summed E-state index contributed by atoms with van der Waals surface area (Å²) < 4.78 is 5.38. The number of hydrogen-bond donors (Lipinski definition) is 4. The van der Waals surface area contributed by atoms with E-state index in [0.717, 1.165) is 53.2 Å². The summed E-state index contributed by atoms with van der Waals surface area (Å²) >= 11 is 0. The Bertz CT molecular complexity index is 941. The van der Waals surface area contributed by atoms with E-state index < -0.39 is 6.09 Å². The van der Waals surface area contributed by atoms with Crippen LogP contribution in [0.15, 0.2) is 18.2 Å². The standard InChI is InChI=1S/C21H27N5O4/c1-13(28)23-11-16-12-26(21(29)30-16)15-6-7-17-14(10-15)4-2-5-18-19(17)24-25-20(18)22-8-3-9-27/h6-7,10,16,27H,2-5,8-9,11-12H2,1H3,(H,23,28)(H2,22,24,25)/t16-/m0/s1. The van der Waals surface area contributed by atoms with E-state index in [1.807, 2.05) is 18.2 Å². The predicted octanol–water partition coefficient (Wildman–Crippen LogP) is 1.82. The number of aromatic amines is 1. The smallest absolute Gasteiger partial charge is 0.414 e. The van der Waals surface area contributed by atoms with Crippen LogP contribution in [-0.2, 0) is 22.4 Å². The molecule has 1 aromatic carbocycles. The number of carbonyl (C=O) groups excluding carboxylic acids is 2. The van der Waals surface area contributed by atoms with Crippen molar-refractivity contribution in [1.29, 1.82) is 0 Å². The van der Waals surface area contributed by atoms with Gasteiger partial charge in [-0.05, 0) is 43.4 Å². The maximum atomic E-state index is 12.3. The number of aliphatic hydroxyl groups excluding tert-OH is 1. The minimum absolute atomic E-state index is 0.143. The van der Waals surface area contributed by atoms with E-state index in [9.17, 15) is 9.59 Å². The first-order valence-corrected chi connectivity index (χ1v) is 10.3. The summed E-state index contributed by atoms with van der Waals surface area (Å²) in [6, 6.07) is 6.00. The zero-order valence-corrected chi connectivity index (χ0v) is 17.0. The molecule has 1 fully saturated rings. The Labute approximate surface area is 174 Å². The zero-order valence-electron chi connectivity index (χ0n) is 17.0. The Hall–Kier alpha value is -3.07. The van der Waals surface area contributed by atoms with Crippen molar-refractivity contribution in [3.05, 3.63) is 29.3 Å². The SMILES string of the molecule is CC(=O)NC[C@H]1CN(c2ccc3c(c2)CCCc2c(NCCCO)n[nH]c2-3)C(=O)O1. The Kier molecular flexibility index (Phi) is 5.89. The monoisotopic (exact) mass is 413 g/mol. The van der Waals surface area contributed by atoms with Crippen LogP contribution in [0.25, 0.3) is 11.3 Å². The highest BCUT2D eigenvalue weighted by atomic mass is 16.6. The number of aliphatic hydroxyl groups is 1. The number of ether oxygens (including phenoxy) is 1. The number of nitrogens with zero attached hydrogens (tertiary/aromatic N) is 2. The third kappa shape index (κ3) is 4.11. The molecular formula is C21H27N5O4. The van der Waals surface area contributed by atoms with Gasteiger partial charge in [0, 0.05) is 36.9 Å². The second-order valence-electron chi connectivity index (χ2n) is 7.68. The molecule has 1 saturated heterocycles. The number of H-pyrrole nitrogens is 1. The van der Waals surface area contributed by atoms with Crippen molar-refractivity contribution in [2.24, 2.45) is 0 Å². The number of rotatable bonds is 7. The molecule has 2 aliphatic rings. The number of amides is 2. The molecule has 2 amide bonds. The summed E-state index contributed by atoms with van der Waals surface area (Å²) in [5.74, 6) is 0.703. The van der Waals surface area contributed by atoms with E-state index in [-0.39, 0.29) is 18.6 Å². The zero-order chi connectivity index (χ0) is 21.1. The predicted molar refractivity (Wildman–Crippen MR) is 113 cm³/mol. The lowest BCUT2D eigenvalue weighted by Gasteiger charge is -2.16. The van der Waals surface area contributed by atoms with Crippen LogP contribution in [0.5, 0.6) is 0 Å². The molecule has 2 heterocycles. The molecule has 1 atom stereocenters. The van der Waals surface area contributed by atoms with E-state index in [2.05, 4.69) is 20.8 Å². The Balaban J connectivity index is 1.54. The quantitative estimate of drug-likeness (QED) is 0.514. The first kappa shape index (κ1) is 20.2. The Morgan fingerprint density at radius 2 is 2.27 bits per heavy atom. The van der Waals surface area contributed by atoms with Gasteiger partial charge in [0.15, 0.2) is 5.82 Å². The molecule has 2 aromatic rings. The van der Waals surface area contributed by atoms with Gasteiger partial charge < -0.3 is 20.5 Å². The number of aryl methyl sites for hydroxylation is 1. The third-order valence-corrected chi connectivity index (χ3v) is 5.49. The number of benzene rings is 1. The minimum Gasteiger partial charge on any atom is -0.442 e. The normalized spacial score (nSPS) is 17.7. The third-order valence-electron chi connectivity index (χ3n) is 5.49. The fraction of sp³-hybridized carbons (Fsp3) is 0.476. The van der Waals surface area contributed by atoms with Gasteiger partial charge in [0.2, 0.25) is 5.91 Å². The lowest BCUT2D eigenvalue weighted by Crippen LogP contribution is -2.33. The summed E-state index contributed by atoms with van der Waals surface area (Å²) in [6.07, 6.45) is 2.72. The average molecular weight is 413 g/mol. The molecule has 0 bridgehead atoms. The number of nitrogens with one attached hydrogen (secondary N) is 3. The van der Waals surface area contributed by atoms with Gasteiger partial charge in [0.25, 0.3) is 0 Å². The van der Waals surface area contributed by atoms with Gasteiger partial charge in [0.1, 0.15) is 6.10 Å². The first-order valence-electron chi connectivity index (χ1n) is 10.3. The Morgan fingerprint density at radius 3 is 3.07 bits per heavy atom. The maximum Gasteiger partial charge on any atom is 0.414 e. The second kappa shape index (κ2) is 8.74. The molecular weight excluding hydrogens is 386 g/mol. The molecule has 30 heavy (non-hydrogen) atoms. The van der Waals surface area contributed by atoms with Crippen LogP contribution in [0.3, 0.4) is 0 Å². The number of anilines is 2. The molecule has 0 radical (unpaired) electrons. The van der Waals surface area contributed by atoms with Gasteiger partial charge in [-0.15, -0.1) is 0 Å². The molecule has 9 nitrogen and oxygen atoms in total. The van der Waals surface area contributed by atoms with Gasteiger partial charge in [-0.3, -0.25) is 14.8 Å². The molecule has 1 aliphatic heterocycles. The molecule has 1 aliphatic carbocycles. The van der Waals surface area contributed by atoms with Crippen molar-refractivity contribution < 1.29 is 19.4 Å². The van der Waals surface area contributed by atoms with Crippen LogP contribution in [0.2, 0.25) is 0 Å². The highest BCUT2D eigenvalue weighted by Gasteiger charge is 2.33. The fourth-order valence-electron chi connectivity index (χ4n) is 4.01. The molecule has 160 valence electrons. The highest BCUT2D eigenvalue weighted by Crippen LogP contribution is 2.36. The first-order chi connectivity index (χ1) is 14.6. The van der Waals surface area contributed by atoms with Crippen LogP contribution >= 0.6 is 0 Å². The summed E-state index contributed by atoms with van der Waals surface area (Å²) in [7, 11) is 0. The van der Waals surface area contributed by atoms with Gasteiger partial charge in [-0.2, -0.15) is 5.10 Å². The maximum absolute atomic E-state index is 12.3. The summed E-state index contributed by atoms with van der Waals surface area (Å²) in [5.41, 5.74) is 5.23. The van der Waals surface area contributed by atoms with Crippen LogP contribution in [-0.4, -0.2) is 59.6 Å². The number of cyclic esters (lactones) is 1. The molecule has 4 rings (SSSR count). The number of aromatic nitrogens is 2. The van der Waals surface area contributed by atoms with Gasteiger partial charge in [-0.1, -0.05) is 6.07 Å². The van der Waals surface area contributed by atoms with Crippen LogP contribution in [0.4, 0.5) is 16.3 Å². The Morgan fingerprint density at radius 1 is 1.40 bits per heavy atom. The van der Waals surface area contributed by atoms with E-state index in [1.54, 1.807) is 4.90 Å². The number of carbonyl (C=O) groups is 2. The van der Waals surface area contributed by atoms with Gasteiger partial charge >= 0.3 is 6.09 Å². The second-order valence-corrected chi connectivity index (χ2v) is 7.68. The minimum atomic E-state index is -0.392. The van der Waals surface area contributed by atoms with Crippen LogP contribution in [0.1, 0.15) is 30.9 Å². The fourth-order valence-corrected chi connectivity index (χ4v) is 4.01. The highest BCUT2D eigenvalue weighted by molar-refractivity contribution is 5.90. The molecule has 9 heteroatoms. The van der Waals surface area contributed by atoms with Crippen molar-refractivity contribution in [3.63, 3.8) is 0 Å². The van der Waals surface area contributed by atoms with E-state index >= 15 is 0 Å². The number of fused-ring (bicyclic) bond motifs is 3.